The van der Waals surface area contributed by atoms with Crippen LogP contribution in [-0.4, -0.2) is 49.6 Å². The Kier molecular flexibility index (Phi) is 5.01. The lowest BCUT2D eigenvalue weighted by atomic mass is 10.1. The third kappa shape index (κ3) is 4.15. The maximum absolute atomic E-state index is 11.5. The van der Waals surface area contributed by atoms with Gasteiger partial charge in [0.15, 0.2) is 6.10 Å². The fourth-order valence-electron chi connectivity index (χ4n) is 1.19. The fourth-order valence-corrected chi connectivity index (χ4v) is 1.19. The zero-order chi connectivity index (χ0) is 11.3. The van der Waals surface area contributed by atoms with Crippen LogP contribution in [0, 0.1) is 5.92 Å². The number of carbonyl (C=O) groups excluding carboxylic acids is 1. The molecule has 1 aliphatic heterocycles. The zero-order valence-electron chi connectivity index (χ0n) is 9.23. The molecule has 0 aromatic carbocycles. The molecule has 0 bridgehead atoms. The summed E-state index contributed by atoms with van der Waals surface area (Å²) in [5.41, 5.74) is 0. The normalized spacial score (nSPS) is 23.9. The number of aliphatic hydroxyl groups is 1. The molecule has 88 valence electrons. The number of hydrogen-bond donors (Lipinski definition) is 2. The number of nitrogens with one attached hydrogen (secondary N) is 1. The second-order valence-electron chi connectivity index (χ2n) is 3.99. The second kappa shape index (κ2) is 6.05. The summed E-state index contributed by atoms with van der Waals surface area (Å²) in [4.78, 5) is 11.5. The van der Waals surface area contributed by atoms with Crippen LogP contribution in [0.4, 0.5) is 0 Å². The summed E-state index contributed by atoms with van der Waals surface area (Å²) >= 11 is 0. The molecule has 0 radical (unpaired) electrons. The minimum absolute atomic E-state index is 0.133. The van der Waals surface area contributed by atoms with Crippen molar-refractivity contribution in [2.45, 2.75) is 26.1 Å². The molecule has 1 rings (SSSR count). The van der Waals surface area contributed by atoms with Gasteiger partial charge >= 0.3 is 0 Å². The van der Waals surface area contributed by atoms with Crippen LogP contribution in [0.2, 0.25) is 0 Å². The maximum Gasteiger partial charge on any atom is 0.251 e. The smallest absolute Gasteiger partial charge is 0.251 e. The molecule has 2 N–H and O–H groups in total. The summed E-state index contributed by atoms with van der Waals surface area (Å²) < 4.78 is 10.3. The van der Waals surface area contributed by atoms with Gasteiger partial charge in [-0.15, -0.1) is 0 Å². The average Bonchev–Trinajstić information content (AvgIpc) is 2.26. The molecule has 5 heteroatoms. The number of ether oxygens (including phenoxy) is 2. The molecule has 0 aliphatic carbocycles. The Morgan fingerprint density at radius 1 is 1.53 bits per heavy atom. The summed E-state index contributed by atoms with van der Waals surface area (Å²) in [5.74, 6) is -0.0803. The molecule has 2 atom stereocenters. The molecule has 1 saturated heterocycles. The number of hydrogen-bond acceptors (Lipinski definition) is 4. The lowest BCUT2D eigenvalue weighted by Crippen LogP contribution is -2.45. The van der Waals surface area contributed by atoms with Gasteiger partial charge < -0.3 is 19.9 Å². The number of carbonyl (C=O) groups is 1. The van der Waals surface area contributed by atoms with E-state index in [1.165, 1.54) is 0 Å². The molecule has 1 fully saturated rings. The van der Waals surface area contributed by atoms with E-state index in [4.69, 9.17) is 9.47 Å². The molecule has 2 unspecified atom stereocenters. The van der Waals surface area contributed by atoms with Crippen LogP contribution in [0.25, 0.3) is 0 Å². The summed E-state index contributed by atoms with van der Waals surface area (Å²) in [6, 6.07) is 0. The SMILES string of the molecule is CC(C)C(O)CNC(=O)C1COCCO1. The molecule has 0 aromatic rings. The van der Waals surface area contributed by atoms with Crippen molar-refractivity contribution < 1.29 is 19.4 Å². The molecule has 5 nitrogen and oxygen atoms in total. The first-order valence-corrected chi connectivity index (χ1v) is 5.26. The van der Waals surface area contributed by atoms with E-state index in [1.54, 1.807) is 0 Å². The van der Waals surface area contributed by atoms with Gasteiger partial charge in [0.2, 0.25) is 0 Å². The predicted octanol–water partition coefficient (Wildman–Crippen LogP) is -0.465. The Morgan fingerprint density at radius 2 is 2.27 bits per heavy atom. The van der Waals surface area contributed by atoms with Crippen molar-refractivity contribution in [1.82, 2.24) is 5.32 Å². The van der Waals surface area contributed by atoms with Crippen LogP contribution in [0.3, 0.4) is 0 Å². The number of amides is 1. The highest BCUT2D eigenvalue weighted by atomic mass is 16.6. The minimum atomic E-state index is -0.530. The molecule has 0 aromatic heterocycles. The van der Waals surface area contributed by atoms with E-state index in [2.05, 4.69) is 5.32 Å². The summed E-state index contributed by atoms with van der Waals surface area (Å²) in [7, 11) is 0. The standard InChI is InChI=1S/C10H19NO4/c1-7(2)8(12)5-11-10(13)9-6-14-3-4-15-9/h7-9,12H,3-6H2,1-2H3,(H,11,13). The Labute approximate surface area is 89.8 Å². The lowest BCUT2D eigenvalue weighted by molar-refractivity contribution is -0.148. The van der Waals surface area contributed by atoms with Crippen molar-refractivity contribution in [3.63, 3.8) is 0 Å². The molecule has 1 amide bonds. The quantitative estimate of drug-likeness (QED) is 0.668. The molecule has 0 saturated carbocycles. The number of aliphatic hydroxyl groups excluding tert-OH is 1. The van der Waals surface area contributed by atoms with Crippen molar-refractivity contribution in [3.05, 3.63) is 0 Å². The van der Waals surface area contributed by atoms with Gasteiger partial charge in [0.05, 0.1) is 25.9 Å². The topological polar surface area (TPSA) is 67.8 Å². The van der Waals surface area contributed by atoms with Gasteiger partial charge in [0.1, 0.15) is 0 Å². The van der Waals surface area contributed by atoms with E-state index >= 15 is 0 Å². The lowest BCUT2D eigenvalue weighted by Gasteiger charge is -2.23. The van der Waals surface area contributed by atoms with Gasteiger partial charge in [0.25, 0.3) is 5.91 Å². The van der Waals surface area contributed by atoms with E-state index in [1.807, 2.05) is 13.8 Å². The summed E-state index contributed by atoms with van der Waals surface area (Å²) in [5, 5.41) is 12.1. The van der Waals surface area contributed by atoms with E-state index < -0.39 is 12.2 Å². The Bertz CT molecular complexity index is 202. The van der Waals surface area contributed by atoms with Crippen LogP contribution >= 0.6 is 0 Å². The number of rotatable bonds is 4. The molecule has 15 heavy (non-hydrogen) atoms. The Morgan fingerprint density at radius 3 is 2.80 bits per heavy atom. The third-order valence-electron chi connectivity index (χ3n) is 2.36. The van der Waals surface area contributed by atoms with Gasteiger partial charge in [-0.25, -0.2) is 0 Å². The average molecular weight is 217 g/mol. The molecule has 1 heterocycles. The monoisotopic (exact) mass is 217 g/mol. The van der Waals surface area contributed by atoms with Crippen molar-refractivity contribution in [3.8, 4) is 0 Å². The van der Waals surface area contributed by atoms with Crippen LogP contribution in [0.1, 0.15) is 13.8 Å². The van der Waals surface area contributed by atoms with Crippen LogP contribution < -0.4 is 5.32 Å². The van der Waals surface area contributed by atoms with E-state index in [-0.39, 0.29) is 18.4 Å². The van der Waals surface area contributed by atoms with Crippen LogP contribution in [-0.2, 0) is 14.3 Å². The van der Waals surface area contributed by atoms with Gasteiger partial charge in [-0.2, -0.15) is 0 Å². The molecular weight excluding hydrogens is 198 g/mol. The molecule has 1 aliphatic rings. The zero-order valence-corrected chi connectivity index (χ0v) is 9.23. The summed E-state index contributed by atoms with van der Waals surface area (Å²) in [6.07, 6.45) is -1.04. The Hall–Kier alpha value is -0.650. The van der Waals surface area contributed by atoms with E-state index in [0.29, 0.717) is 19.8 Å². The largest absolute Gasteiger partial charge is 0.391 e. The first-order chi connectivity index (χ1) is 7.11. The first-order valence-electron chi connectivity index (χ1n) is 5.26. The van der Waals surface area contributed by atoms with Crippen LogP contribution in [0.5, 0.6) is 0 Å². The first kappa shape index (κ1) is 12.4. The molecule has 0 spiro atoms. The van der Waals surface area contributed by atoms with E-state index in [9.17, 15) is 9.90 Å². The van der Waals surface area contributed by atoms with E-state index in [0.717, 1.165) is 0 Å². The van der Waals surface area contributed by atoms with Crippen LogP contribution in [0.15, 0.2) is 0 Å². The molecular formula is C10H19NO4. The van der Waals surface area contributed by atoms with Crippen molar-refractivity contribution in [1.29, 1.82) is 0 Å². The van der Waals surface area contributed by atoms with Gasteiger partial charge in [0, 0.05) is 6.54 Å². The Balaban J connectivity index is 2.22. The minimum Gasteiger partial charge on any atom is -0.391 e. The fraction of sp³-hybridized carbons (Fsp3) is 0.900. The highest BCUT2D eigenvalue weighted by Crippen LogP contribution is 2.02. The predicted molar refractivity (Wildman–Crippen MR) is 54.4 cm³/mol. The van der Waals surface area contributed by atoms with Gasteiger partial charge in [-0.05, 0) is 5.92 Å². The summed E-state index contributed by atoms with van der Waals surface area (Å²) in [6.45, 7) is 5.34. The van der Waals surface area contributed by atoms with Crippen molar-refractivity contribution in [2.24, 2.45) is 5.92 Å². The highest BCUT2D eigenvalue weighted by molar-refractivity contribution is 5.81. The van der Waals surface area contributed by atoms with Gasteiger partial charge in [-0.1, -0.05) is 13.8 Å². The van der Waals surface area contributed by atoms with Crippen molar-refractivity contribution >= 4 is 5.91 Å². The highest BCUT2D eigenvalue weighted by Gasteiger charge is 2.23. The third-order valence-corrected chi connectivity index (χ3v) is 2.36. The van der Waals surface area contributed by atoms with Gasteiger partial charge in [-0.3, -0.25) is 4.79 Å². The maximum atomic E-state index is 11.5. The second-order valence-corrected chi connectivity index (χ2v) is 3.99. The van der Waals surface area contributed by atoms with Crippen molar-refractivity contribution in [2.75, 3.05) is 26.4 Å².